The lowest BCUT2D eigenvalue weighted by Crippen LogP contribution is -2.29. The molecule has 1 saturated heterocycles. The summed E-state index contributed by atoms with van der Waals surface area (Å²) < 4.78 is 13.7. The van der Waals surface area contributed by atoms with E-state index in [0.717, 1.165) is 6.42 Å². The highest BCUT2D eigenvalue weighted by molar-refractivity contribution is 9.10. The van der Waals surface area contributed by atoms with Crippen molar-refractivity contribution in [1.29, 1.82) is 0 Å². The first-order valence-electron chi connectivity index (χ1n) is 5.47. The SMILES string of the molecule is O=C(c1ccc(Br)c(F)c1)N1CCC(CO)C1. The van der Waals surface area contributed by atoms with Crippen molar-refractivity contribution in [2.75, 3.05) is 19.7 Å². The molecule has 1 aromatic carbocycles. The summed E-state index contributed by atoms with van der Waals surface area (Å²) in [5, 5.41) is 9.01. The van der Waals surface area contributed by atoms with Gasteiger partial charge in [0.05, 0.1) is 4.47 Å². The number of hydrogen-bond donors (Lipinski definition) is 1. The Morgan fingerprint density at radius 2 is 2.35 bits per heavy atom. The summed E-state index contributed by atoms with van der Waals surface area (Å²) in [6.45, 7) is 1.27. The molecule has 1 amide bonds. The Bertz CT molecular complexity index is 439. The Hall–Kier alpha value is -0.940. The van der Waals surface area contributed by atoms with E-state index in [4.69, 9.17) is 5.11 Å². The molecule has 1 aliphatic heterocycles. The molecule has 1 aromatic rings. The van der Waals surface area contributed by atoms with Crippen molar-refractivity contribution in [3.05, 3.63) is 34.1 Å². The van der Waals surface area contributed by atoms with Gasteiger partial charge < -0.3 is 10.0 Å². The van der Waals surface area contributed by atoms with Gasteiger partial charge in [0.2, 0.25) is 0 Å². The third kappa shape index (κ3) is 2.66. The van der Waals surface area contributed by atoms with Crippen LogP contribution >= 0.6 is 15.9 Å². The van der Waals surface area contributed by atoms with E-state index in [-0.39, 0.29) is 18.4 Å². The Morgan fingerprint density at radius 1 is 1.59 bits per heavy atom. The van der Waals surface area contributed by atoms with Crippen LogP contribution < -0.4 is 0 Å². The Kier molecular flexibility index (Phi) is 3.79. The first-order chi connectivity index (χ1) is 8.11. The number of halogens is 2. The van der Waals surface area contributed by atoms with Gasteiger partial charge >= 0.3 is 0 Å². The van der Waals surface area contributed by atoms with Crippen molar-refractivity contribution in [2.24, 2.45) is 5.92 Å². The van der Waals surface area contributed by atoms with Crippen molar-refractivity contribution in [3.8, 4) is 0 Å². The predicted octanol–water partition coefficient (Wildman–Crippen LogP) is 2.04. The molecule has 17 heavy (non-hydrogen) atoms. The molecule has 1 fully saturated rings. The standard InChI is InChI=1S/C12H13BrFNO2/c13-10-2-1-9(5-11(10)14)12(17)15-4-3-8(6-15)7-16/h1-2,5,8,16H,3-4,6-7H2. The average molecular weight is 302 g/mol. The summed E-state index contributed by atoms with van der Waals surface area (Å²) in [6, 6.07) is 4.36. The molecular formula is C12H13BrFNO2. The summed E-state index contributed by atoms with van der Waals surface area (Å²) in [7, 11) is 0. The fraction of sp³-hybridized carbons (Fsp3) is 0.417. The minimum Gasteiger partial charge on any atom is -0.396 e. The van der Waals surface area contributed by atoms with Crippen LogP contribution in [0.15, 0.2) is 22.7 Å². The Balaban J connectivity index is 2.12. The summed E-state index contributed by atoms with van der Waals surface area (Å²) >= 11 is 3.05. The van der Waals surface area contributed by atoms with Crippen LogP contribution in [0.5, 0.6) is 0 Å². The van der Waals surface area contributed by atoms with Crippen LogP contribution in [0.3, 0.4) is 0 Å². The van der Waals surface area contributed by atoms with E-state index >= 15 is 0 Å². The lowest BCUT2D eigenvalue weighted by Gasteiger charge is -2.16. The van der Waals surface area contributed by atoms with E-state index in [9.17, 15) is 9.18 Å². The molecule has 1 aliphatic rings. The van der Waals surface area contributed by atoms with Crippen molar-refractivity contribution in [2.45, 2.75) is 6.42 Å². The molecule has 5 heteroatoms. The largest absolute Gasteiger partial charge is 0.396 e. The molecule has 0 aromatic heterocycles. The van der Waals surface area contributed by atoms with Crippen LogP contribution in [0, 0.1) is 11.7 Å². The maximum atomic E-state index is 13.3. The van der Waals surface area contributed by atoms with Gasteiger partial charge in [-0.05, 0) is 40.5 Å². The highest BCUT2D eigenvalue weighted by Gasteiger charge is 2.26. The lowest BCUT2D eigenvalue weighted by atomic mass is 10.1. The van der Waals surface area contributed by atoms with E-state index < -0.39 is 5.82 Å². The van der Waals surface area contributed by atoms with Crippen molar-refractivity contribution >= 4 is 21.8 Å². The second-order valence-corrected chi connectivity index (χ2v) is 5.07. The van der Waals surface area contributed by atoms with Gasteiger partial charge in [-0.15, -0.1) is 0 Å². The minimum absolute atomic E-state index is 0.0957. The van der Waals surface area contributed by atoms with Gasteiger partial charge in [-0.2, -0.15) is 0 Å². The van der Waals surface area contributed by atoms with E-state index in [1.807, 2.05) is 0 Å². The normalized spacial score (nSPS) is 19.7. The maximum absolute atomic E-state index is 13.3. The van der Waals surface area contributed by atoms with Gasteiger partial charge in [0.15, 0.2) is 0 Å². The Labute approximate surface area is 107 Å². The number of hydrogen-bond acceptors (Lipinski definition) is 2. The third-order valence-corrected chi connectivity index (χ3v) is 3.64. The number of rotatable bonds is 2. The smallest absolute Gasteiger partial charge is 0.253 e. The van der Waals surface area contributed by atoms with E-state index in [2.05, 4.69) is 15.9 Å². The molecule has 1 unspecified atom stereocenters. The number of aliphatic hydroxyl groups is 1. The molecular weight excluding hydrogens is 289 g/mol. The molecule has 92 valence electrons. The fourth-order valence-electron chi connectivity index (χ4n) is 1.98. The number of benzene rings is 1. The lowest BCUT2D eigenvalue weighted by molar-refractivity contribution is 0.0781. The van der Waals surface area contributed by atoms with Crippen molar-refractivity contribution in [1.82, 2.24) is 4.90 Å². The average Bonchev–Trinajstić information content (AvgIpc) is 2.80. The summed E-state index contributed by atoms with van der Waals surface area (Å²) in [5.41, 5.74) is 0.351. The number of likely N-dealkylation sites (tertiary alicyclic amines) is 1. The minimum atomic E-state index is -0.436. The third-order valence-electron chi connectivity index (χ3n) is 3.00. The van der Waals surface area contributed by atoms with Crippen LogP contribution in [-0.2, 0) is 0 Å². The van der Waals surface area contributed by atoms with Crippen LogP contribution in [0.25, 0.3) is 0 Å². The zero-order valence-corrected chi connectivity index (χ0v) is 10.8. The van der Waals surface area contributed by atoms with Crippen LogP contribution in [-0.4, -0.2) is 35.6 Å². The first kappa shape index (κ1) is 12.5. The fourth-order valence-corrected chi connectivity index (χ4v) is 2.22. The zero-order valence-electron chi connectivity index (χ0n) is 9.20. The predicted molar refractivity (Wildman–Crippen MR) is 65.2 cm³/mol. The molecule has 1 N–H and O–H groups in total. The van der Waals surface area contributed by atoms with Gasteiger partial charge in [0.25, 0.3) is 5.91 Å². The molecule has 1 atom stereocenters. The second-order valence-electron chi connectivity index (χ2n) is 4.22. The highest BCUT2D eigenvalue weighted by Crippen LogP contribution is 2.21. The summed E-state index contributed by atoms with van der Waals surface area (Å²) in [4.78, 5) is 13.7. The molecule has 0 aliphatic carbocycles. The van der Waals surface area contributed by atoms with Gasteiger partial charge in [0, 0.05) is 31.2 Å². The highest BCUT2D eigenvalue weighted by atomic mass is 79.9. The first-order valence-corrected chi connectivity index (χ1v) is 6.26. The van der Waals surface area contributed by atoms with E-state index in [0.29, 0.717) is 23.1 Å². The number of carbonyl (C=O) groups is 1. The van der Waals surface area contributed by atoms with Gasteiger partial charge in [-0.1, -0.05) is 0 Å². The van der Waals surface area contributed by atoms with E-state index in [1.54, 1.807) is 11.0 Å². The number of amides is 1. The molecule has 3 nitrogen and oxygen atoms in total. The Morgan fingerprint density at radius 3 is 2.94 bits per heavy atom. The van der Waals surface area contributed by atoms with E-state index in [1.165, 1.54) is 12.1 Å². The number of nitrogens with zero attached hydrogens (tertiary/aromatic N) is 1. The molecule has 2 rings (SSSR count). The summed E-state index contributed by atoms with van der Waals surface area (Å²) in [5.74, 6) is -0.458. The van der Waals surface area contributed by atoms with Gasteiger partial charge in [-0.25, -0.2) is 4.39 Å². The second kappa shape index (κ2) is 5.14. The quantitative estimate of drug-likeness (QED) is 0.908. The maximum Gasteiger partial charge on any atom is 0.253 e. The molecule has 0 bridgehead atoms. The number of aliphatic hydroxyl groups excluding tert-OH is 1. The van der Waals surface area contributed by atoms with Crippen LogP contribution in [0.1, 0.15) is 16.8 Å². The van der Waals surface area contributed by atoms with Gasteiger partial charge in [-0.3, -0.25) is 4.79 Å². The monoisotopic (exact) mass is 301 g/mol. The van der Waals surface area contributed by atoms with Crippen LogP contribution in [0.2, 0.25) is 0 Å². The van der Waals surface area contributed by atoms with Crippen molar-refractivity contribution in [3.63, 3.8) is 0 Å². The summed E-state index contributed by atoms with van der Waals surface area (Å²) in [6.07, 6.45) is 0.807. The molecule has 0 saturated carbocycles. The van der Waals surface area contributed by atoms with Crippen LogP contribution in [0.4, 0.5) is 4.39 Å². The zero-order chi connectivity index (χ0) is 12.4. The number of carbonyl (C=O) groups excluding carboxylic acids is 1. The van der Waals surface area contributed by atoms with Crippen molar-refractivity contribution < 1.29 is 14.3 Å². The molecule has 1 heterocycles. The topological polar surface area (TPSA) is 40.5 Å². The molecule has 0 spiro atoms. The molecule has 0 radical (unpaired) electrons. The van der Waals surface area contributed by atoms with Gasteiger partial charge in [0.1, 0.15) is 5.82 Å².